The van der Waals surface area contributed by atoms with Gasteiger partial charge in [-0.3, -0.25) is 9.55 Å². The summed E-state index contributed by atoms with van der Waals surface area (Å²) in [5.41, 5.74) is 1.61. The molecule has 22 heavy (non-hydrogen) atoms. The van der Waals surface area contributed by atoms with Gasteiger partial charge in [0, 0.05) is 12.4 Å². The fourth-order valence-electron chi connectivity index (χ4n) is 2.65. The first kappa shape index (κ1) is 16.5. The summed E-state index contributed by atoms with van der Waals surface area (Å²) < 4.78 is 7.20. The van der Waals surface area contributed by atoms with Gasteiger partial charge >= 0.3 is 6.09 Å². The van der Waals surface area contributed by atoms with Crippen LogP contribution in [0.1, 0.15) is 58.8 Å². The first-order valence-corrected chi connectivity index (χ1v) is 8.39. The number of rotatable bonds is 8. The van der Waals surface area contributed by atoms with Crippen LogP contribution in [0.2, 0.25) is 0 Å². The van der Waals surface area contributed by atoms with Crippen molar-refractivity contribution >= 4 is 17.1 Å². The second-order valence-corrected chi connectivity index (χ2v) is 5.71. The zero-order valence-corrected chi connectivity index (χ0v) is 13.6. The number of hydrogen-bond acceptors (Lipinski definition) is 3. The lowest BCUT2D eigenvalue weighted by Crippen LogP contribution is -2.21. The van der Waals surface area contributed by atoms with Crippen molar-refractivity contribution < 1.29 is 9.53 Å². The van der Waals surface area contributed by atoms with E-state index in [1.165, 1.54) is 25.7 Å². The van der Waals surface area contributed by atoms with Crippen molar-refractivity contribution in [2.24, 2.45) is 0 Å². The Balaban J connectivity index is 1.89. The van der Waals surface area contributed by atoms with Gasteiger partial charge in [-0.2, -0.15) is 0 Å². The summed E-state index contributed by atoms with van der Waals surface area (Å²) in [6.07, 6.45) is 11.1. The largest absolute Gasteiger partial charge is 0.446 e. The Bertz CT molecular complexity index is 592. The van der Waals surface area contributed by atoms with Crippen LogP contribution >= 0.6 is 0 Å². The Morgan fingerprint density at radius 1 is 1.23 bits per heavy atom. The van der Waals surface area contributed by atoms with E-state index < -0.39 is 0 Å². The fraction of sp³-hybridized carbons (Fsp3) is 0.556. The Morgan fingerprint density at radius 2 is 2.05 bits per heavy atom. The molecule has 2 heterocycles. The Morgan fingerprint density at radius 3 is 2.82 bits per heavy atom. The zero-order valence-electron chi connectivity index (χ0n) is 13.6. The molecule has 0 aliphatic rings. The fourth-order valence-corrected chi connectivity index (χ4v) is 2.65. The van der Waals surface area contributed by atoms with E-state index in [1.807, 2.05) is 18.2 Å². The van der Waals surface area contributed by atoms with Crippen LogP contribution in [0.5, 0.6) is 0 Å². The van der Waals surface area contributed by atoms with Gasteiger partial charge in [0.25, 0.3) is 0 Å². The molecule has 2 aromatic heterocycles. The van der Waals surface area contributed by atoms with Gasteiger partial charge in [-0.25, -0.2) is 4.79 Å². The van der Waals surface area contributed by atoms with Gasteiger partial charge in [0.05, 0.1) is 11.0 Å². The van der Waals surface area contributed by atoms with Gasteiger partial charge in [0.2, 0.25) is 0 Å². The van der Waals surface area contributed by atoms with Crippen LogP contribution in [0.15, 0.2) is 30.6 Å². The van der Waals surface area contributed by atoms with Gasteiger partial charge in [-0.05, 0) is 37.5 Å². The van der Waals surface area contributed by atoms with E-state index in [0.717, 1.165) is 30.3 Å². The van der Waals surface area contributed by atoms with Crippen molar-refractivity contribution in [1.82, 2.24) is 9.55 Å². The second kappa shape index (κ2) is 8.57. The lowest BCUT2D eigenvalue weighted by Gasteiger charge is -2.16. The predicted octanol–water partition coefficient (Wildman–Crippen LogP) is 5.16. The molecule has 4 nitrogen and oxygen atoms in total. The number of unbranched alkanes of at least 4 members (excludes halogenated alkanes) is 4. The Hall–Kier alpha value is -1.84. The summed E-state index contributed by atoms with van der Waals surface area (Å²) >= 11 is 0. The second-order valence-electron chi connectivity index (χ2n) is 5.71. The summed E-state index contributed by atoms with van der Waals surface area (Å²) in [6, 6.07) is 5.55. The van der Waals surface area contributed by atoms with Crippen molar-refractivity contribution in [3.8, 4) is 0 Å². The maximum Gasteiger partial charge on any atom is 0.418 e. The van der Waals surface area contributed by atoms with Crippen molar-refractivity contribution in [2.75, 3.05) is 0 Å². The predicted molar refractivity (Wildman–Crippen MR) is 89.1 cm³/mol. The molecule has 0 radical (unpaired) electrons. The molecule has 2 aromatic rings. The van der Waals surface area contributed by atoms with E-state index in [1.54, 1.807) is 17.0 Å². The highest BCUT2D eigenvalue weighted by atomic mass is 16.6. The van der Waals surface area contributed by atoms with Crippen molar-refractivity contribution in [3.05, 3.63) is 30.6 Å². The standard InChI is InChI=1S/C18H26N2O2/c1-3-5-6-7-8-10-15(4-2)22-18(21)20-14-12-16-17(20)11-9-13-19-16/h9,11-15H,3-8,10H2,1-2H3. The first-order chi connectivity index (χ1) is 10.8. The Labute approximate surface area is 132 Å². The highest BCUT2D eigenvalue weighted by molar-refractivity contribution is 5.87. The van der Waals surface area contributed by atoms with Gasteiger partial charge < -0.3 is 4.74 Å². The third kappa shape index (κ3) is 4.33. The molecule has 0 N–H and O–H groups in total. The van der Waals surface area contributed by atoms with Crippen LogP contribution in [0, 0.1) is 0 Å². The van der Waals surface area contributed by atoms with Crippen molar-refractivity contribution in [2.45, 2.75) is 64.9 Å². The molecule has 0 fully saturated rings. The van der Waals surface area contributed by atoms with Gasteiger partial charge in [-0.15, -0.1) is 0 Å². The summed E-state index contributed by atoms with van der Waals surface area (Å²) in [4.78, 5) is 16.6. The molecule has 0 aliphatic heterocycles. The van der Waals surface area contributed by atoms with Gasteiger partial charge in [0.1, 0.15) is 6.10 Å². The van der Waals surface area contributed by atoms with Gasteiger partial charge in [0.15, 0.2) is 0 Å². The molecular weight excluding hydrogens is 276 g/mol. The van der Waals surface area contributed by atoms with Gasteiger partial charge in [-0.1, -0.05) is 39.5 Å². The topological polar surface area (TPSA) is 44.1 Å². The molecule has 1 unspecified atom stereocenters. The van der Waals surface area contributed by atoms with Crippen molar-refractivity contribution in [1.29, 1.82) is 0 Å². The van der Waals surface area contributed by atoms with Crippen LogP contribution < -0.4 is 0 Å². The molecule has 0 saturated carbocycles. The summed E-state index contributed by atoms with van der Waals surface area (Å²) in [7, 11) is 0. The molecule has 0 spiro atoms. The number of carbonyl (C=O) groups is 1. The molecule has 0 bridgehead atoms. The number of nitrogens with zero attached hydrogens (tertiary/aromatic N) is 2. The number of pyridine rings is 1. The third-order valence-electron chi connectivity index (χ3n) is 4.01. The van der Waals surface area contributed by atoms with Crippen LogP contribution in [0.4, 0.5) is 4.79 Å². The number of ether oxygens (including phenoxy) is 1. The number of aromatic nitrogens is 2. The molecule has 0 saturated heterocycles. The van der Waals surface area contributed by atoms with Crippen LogP contribution in [0.3, 0.4) is 0 Å². The number of carbonyl (C=O) groups excluding carboxylic acids is 1. The highest BCUT2D eigenvalue weighted by Gasteiger charge is 2.15. The molecule has 0 amide bonds. The van der Waals surface area contributed by atoms with Crippen molar-refractivity contribution in [3.63, 3.8) is 0 Å². The lowest BCUT2D eigenvalue weighted by molar-refractivity contribution is 0.0906. The molecular formula is C18H26N2O2. The van der Waals surface area contributed by atoms with E-state index in [-0.39, 0.29) is 12.2 Å². The third-order valence-corrected chi connectivity index (χ3v) is 4.01. The zero-order chi connectivity index (χ0) is 15.8. The van der Waals surface area contributed by atoms with E-state index in [2.05, 4.69) is 18.8 Å². The minimum Gasteiger partial charge on any atom is -0.446 e. The molecule has 2 rings (SSSR count). The monoisotopic (exact) mass is 302 g/mol. The lowest BCUT2D eigenvalue weighted by atomic mass is 10.1. The number of fused-ring (bicyclic) bond motifs is 1. The normalized spacial score (nSPS) is 12.5. The highest BCUT2D eigenvalue weighted by Crippen LogP contribution is 2.16. The van der Waals surface area contributed by atoms with E-state index in [4.69, 9.17) is 4.74 Å². The molecule has 1 atom stereocenters. The van der Waals surface area contributed by atoms with E-state index in [0.29, 0.717) is 0 Å². The Kier molecular flexibility index (Phi) is 6.44. The van der Waals surface area contributed by atoms with Crippen LogP contribution in [0.25, 0.3) is 11.0 Å². The minimum absolute atomic E-state index is 0.00301. The minimum atomic E-state index is -0.302. The average Bonchev–Trinajstić information content (AvgIpc) is 2.97. The van der Waals surface area contributed by atoms with E-state index in [9.17, 15) is 4.79 Å². The molecule has 4 heteroatoms. The first-order valence-electron chi connectivity index (χ1n) is 8.39. The quantitative estimate of drug-likeness (QED) is 0.633. The molecule has 0 aromatic carbocycles. The smallest absolute Gasteiger partial charge is 0.418 e. The molecule has 120 valence electrons. The maximum atomic E-state index is 12.3. The van der Waals surface area contributed by atoms with Crippen LogP contribution in [-0.2, 0) is 4.74 Å². The average molecular weight is 302 g/mol. The summed E-state index contributed by atoms with van der Waals surface area (Å²) in [6.45, 7) is 4.28. The maximum absolute atomic E-state index is 12.3. The summed E-state index contributed by atoms with van der Waals surface area (Å²) in [5.74, 6) is 0. The van der Waals surface area contributed by atoms with Crippen LogP contribution in [-0.4, -0.2) is 21.7 Å². The molecule has 0 aliphatic carbocycles. The van der Waals surface area contributed by atoms with E-state index >= 15 is 0 Å². The SMILES string of the molecule is CCCCCCCC(CC)OC(=O)n1ccc2ncccc21. The number of hydrogen-bond donors (Lipinski definition) is 0. The summed E-state index contributed by atoms with van der Waals surface area (Å²) in [5, 5.41) is 0.